The maximum absolute atomic E-state index is 12.4. The average Bonchev–Trinajstić information content (AvgIpc) is 3.00. The molecule has 0 radical (unpaired) electrons. The van der Waals surface area contributed by atoms with Crippen LogP contribution in [-0.2, 0) is 18.4 Å². The second-order valence-corrected chi connectivity index (χ2v) is 28.0. The number of benzene rings is 1. The van der Waals surface area contributed by atoms with Gasteiger partial charge in [0.1, 0.15) is 17.6 Å². The minimum atomic E-state index is -1.82. The molecule has 1 aliphatic heterocycles. The first-order valence-electron chi connectivity index (χ1n) is 18.8. The molecule has 0 aliphatic carbocycles. The molecule has 2 atom stereocenters. The fourth-order valence-corrected chi connectivity index (χ4v) is 6.77. The van der Waals surface area contributed by atoms with Crippen LogP contribution in [0.2, 0.25) is 36.3 Å². The zero-order valence-corrected chi connectivity index (χ0v) is 37.1. The molecule has 0 aromatic heterocycles. The Morgan fingerprint density at radius 3 is 1.86 bits per heavy atom. The molecule has 1 N–H and O–H groups in total. The number of ketones is 1. The van der Waals surface area contributed by atoms with Crippen LogP contribution in [0.5, 0.6) is 0 Å². The van der Waals surface area contributed by atoms with Gasteiger partial charge >= 0.3 is 0 Å². The van der Waals surface area contributed by atoms with E-state index in [0.717, 1.165) is 38.0 Å². The lowest BCUT2D eigenvalue weighted by Gasteiger charge is -2.40. The van der Waals surface area contributed by atoms with Crippen molar-refractivity contribution in [2.45, 2.75) is 170 Å². The van der Waals surface area contributed by atoms with Crippen LogP contribution in [0.1, 0.15) is 120 Å². The minimum absolute atomic E-state index is 0.0602. The SMILES string of the molecule is C=CC[C@@H](O)CCCC(=O)C(C)(C)CO[Si](C)(C)C(C)(C)C.C=CC[C@@H]1CCC=C(C(C)(C)CO[Si](C)(C)C(C)(C)C)O1.Cc1ccccc1. The Hall–Kier alpha value is -1.78. The van der Waals surface area contributed by atoms with E-state index in [0.29, 0.717) is 25.9 Å². The Bertz CT molecular complexity index is 1170. The van der Waals surface area contributed by atoms with E-state index in [-0.39, 0.29) is 33.5 Å². The van der Waals surface area contributed by atoms with Crippen molar-refractivity contribution < 1.29 is 23.5 Å². The van der Waals surface area contributed by atoms with Gasteiger partial charge in [0.15, 0.2) is 16.6 Å². The zero-order chi connectivity index (χ0) is 39.0. The molecule has 0 unspecified atom stereocenters. The molecule has 0 fully saturated rings. The molecule has 288 valence electrons. The summed E-state index contributed by atoms with van der Waals surface area (Å²) in [6, 6.07) is 10.3. The van der Waals surface area contributed by atoms with Crippen molar-refractivity contribution in [3.05, 3.63) is 73.0 Å². The van der Waals surface area contributed by atoms with Gasteiger partial charge in [0.25, 0.3) is 0 Å². The van der Waals surface area contributed by atoms with Crippen molar-refractivity contribution in [3.8, 4) is 0 Å². The summed E-state index contributed by atoms with van der Waals surface area (Å²) in [6.07, 6.45) is 11.4. The van der Waals surface area contributed by atoms with Crippen molar-refractivity contribution in [3.63, 3.8) is 0 Å². The fourth-order valence-electron chi connectivity index (χ4n) is 4.46. The number of aryl methyl sites for hydroxylation is 1. The Morgan fingerprint density at radius 1 is 0.900 bits per heavy atom. The van der Waals surface area contributed by atoms with E-state index in [1.165, 1.54) is 5.56 Å². The van der Waals surface area contributed by atoms with Gasteiger partial charge in [0.2, 0.25) is 0 Å². The molecule has 0 saturated heterocycles. The van der Waals surface area contributed by atoms with Crippen LogP contribution in [0.3, 0.4) is 0 Å². The number of Topliss-reactive ketones (excluding diaryl/α,β-unsaturated/α-hetero) is 1. The molecule has 1 aromatic rings. The second kappa shape index (κ2) is 21.1. The molecule has 7 heteroatoms. The molecule has 1 aliphatic rings. The van der Waals surface area contributed by atoms with Crippen molar-refractivity contribution in [2.24, 2.45) is 10.8 Å². The molecular formula is C43H78O5Si2. The van der Waals surface area contributed by atoms with E-state index >= 15 is 0 Å². The van der Waals surface area contributed by atoms with Gasteiger partial charge < -0.3 is 18.7 Å². The van der Waals surface area contributed by atoms with E-state index in [9.17, 15) is 9.90 Å². The third kappa shape index (κ3) is 18.1. The molecule has 5 nitrogen and oxygen atoms in total. The van der Waals surface area contributed by atoms with E-state index in [2.05, 4.69) is 120 Å². The average molecular weight is 731 g/mol. The van der Waals surface area contributed by atoms with Gasteiger partial charge in [0.05, 0.1) is 6.10 Å². The lowest BCUT2D eigenvalue weighted by Crippen LogP contribution is -2.44. The number of carbonyl (C=O) groups is 1. The van der Waals surface area contributed by atoms with Crippen molar-refractivity contribution in [1.82, 2.24) is 0 Å². The third-order valence-corrected chi connectivity index (χ3v) is 19.4. The lowest BCUT2D eigenvalue weighted by atomic mass is 9.86. The first kappa shape index (κ1) is 48.2. The highest BCUT2D eigenvalue weighted by molar-refractivity contribution is 6.74. The second-order valence-electron chi connectivity index (χ2n) is 18.4. The minimum Gasteiger partial charge on any atom is -0.494 e. The van der Waals surface area contributed by atoms with Crippen LogP contribution < -0.4 is 0 Å². The fraction of sp³-hybridized carbons (Fsp3) is 0.698. The first-order chi connectivity index (χ1) is 22.7. The topological polar surface area (TPSA) is 65.0 Å². The highest BCUT2D eigenvalue weighted by atomic mass is 28.4. The summed E-state index contributed by atoms with van der Waals surface area (Å²) in [4.78, 5) is 12.4. The van der Waals surface area contributed by atoms with E-state index in [1.807, 2.05) is 38.1 Å². The molecule has 1 heterocycles. The predicted octanol–water partition coefficient (Wildman–Crippen LogP) is 12.4. The molecular weight excluding hydrogens is 653 g/mol. The van der Waals surface area contributed by atoms with Gasteiger partial charge in [-0.25, -0.2) is 0 Å². The van der Waals surface area contributed by atoms with Crippen molar-refractivity contribution in [2.75, 3.05) is 13.2 Å². The summed E-state index contributed by atoms with van der Waals surface area (Å²) in [6.45, 7) is 41.6. The van der Waals surface area contributed by atoms with Crippen LogP contribution >= 0.6 is 0 Å². The van der Waals surface area contributed by atoms with E-state index in [1.54, 1.807) is 6.08 Å². The highest BCUT2D eigenvalue weighted by Crippen LogP contribution is 2.40. The van der Waals surface area contributed by atoms with Gasteiger partial charge in [-0.3, -0.25) is 4.79 Å². The van der Waals surface area contributed by atoms with Gasteiger partial charge in [-0.15, -0.1) is 13.2 Å². The number of hydrogen-bond donors (Lipinski definition) is 1. The van der Waals surface area contributed by atoms with Crippen LogP contribution in [-0.4, -0.2) is 52.9 Å². The summed E-state index contributed by atoms with van der Waals surface area (Å²) >= 11 is 0. The van der Waals surface area contributed by atoms with Gasteiger partial charge in [-0.1, -0.05) is 117 Å². The lowest BCUT2D eigenvalue weighted by molar-refractivity contribution is -0.128. The number of hydrogen-bond acceptors (Lipinski definition) is 5. The Labute approximate surface area is 311 Å². The summed E-state index contributed by atoms with van der Waals surface area (Å²) in [5.74, 6) is 1.32. The maximum atomic E-state index is 12.4. The highest BCUT2D eigenvalue weighted by Gasteiger charge is 2.41. The summed E-state index contributed by atoms with van der Waals surface area (Å²) < 4.78 is 18.8. The van der Waals surface area contributed by atoms with Crippen LogP contribution in [0.4, 0.5) is 0 Å². The molecule has 50 heavy (non-hydrogen) atoms. The first-order valence-corrected chi connectivity index (χ1v) is 24.6. The number of ether oxygens (including phenoxy) is 1. The van der Waals surface area contributed by atoms with Gasteiger partial charge in [-0.05, 0) is 81.4 Å². The standard InChI is InChI=1S/C18H36O3Si.C18H34O2Si.C7H8/c1-9-11-15(19)12-10-13-16(20)18(5,6)14-21-22(7,8)17(2,3)4;1-9-11-15-12-10-13-16(20-15)18(5,6)14-19-21(7,8)17(2,3)4;1-7-5-3-2-4-6-7/h9,15,19H,1,10-14H2,2-8H3;9,13,15H,1,10-12,14H2,2-8H3;2-6H,1H3/t2*15-;/m11./s1. The maximum Gasteiger partial charge on any atom is 0.192 e. The van der Waals surface area contributed by atoms with Gasteiger partial charge in [0, 0.05) is 36.9 Å². The summed E-state index contributed by atoms with van der Waals surface area (Å²) in [7, 11) is -3.53. The van der Waals surface area contributed by atoms with E-state index in [4.69, 9.17) is 13.6 Å². The van der Waals surface area contributed by atoms with E-state index < -0.39 is 22.0 Å². The molecule has 2 rings (SSSR count). The Morgan fingerprint density at radius 2 is 1.42 bits per heavy atom. The molecule has 0 saturated carbocycles. The predicted molar refractivity (Wildman–Crippen MR) is 222 cm³/mol. The summed E-state index contributed by atoms with van der Waals surface area (Å²) in [5, 5.41) is 10.1. The quantitative estimate of drug-likeness (QED) is 0.135. The van der Waals surface area contributed by atoms with Gasteiger partial charge in [-0.2, -0.15) is 0 Å². The number of rotatable bonds is 16. The zero-order valence-electron chi connectivity index (χ0n) is 35.1. The normalized spacial score (nSPS) is 16.4. The molecule has 0 amide bonds. The van der Waals surface area contributed by atoms with Crippen LogP contribution in [0.15, 0.2) is 67.5 Å². The van der Waals surface area contributed by atoms with Crippen molar-refractivity contribution >= 4 is 22.4 Å². The number of aliphatic hydroxyl groups excluding tert-OH is 1. The Kier molecular flexibility index (Phi) is 20.3. The Balaban J connectivity index is 0.000000802. The van der Waals surface area contributed by atoms with Crippen LogP contribution in [0, 0.1) is 17.8 Å². The van der Waals surface area contributed by atoms with Crippen molar-refractivity contribution in [1.29, 1.82) is 0 Å². The smallest absolute Gasteiger partial charge is 0.192 e. The molecule has 0 spiro atoms. The number of aliphatic hydroxyl groups is 1. The molecule has 0 bridgehead atoms. The molecule has 1 aromatic carbocycles. The largest absolute Gasteiger partial charge is 0.494 e. The number of allylic oxidation sites excluding steroid dienone is 1. The number of carbonyl (C=O) groups excluding carboxylic acids is 1. The third-order valence-electron chi connectivity index (χ3n) is 10.5. The summed E-state index contributed by atoms with van der Waals surface area (Å²) in [5.41, 5.74) is 0.802. The monoisotopic (exact) mass is 731 g/mol. The van der Waals surface area contributed by atoms with Crippen LogP contribution in [0.25, 0.3) is 0 Å².